The van der Waals surface area contributed by atoms with Crippen molar-refractivity contribution in [2.45, 2.75) is 30.7 Å². The van der Waals surface area contributed by atoms with E-state index in [-0.39, 0.29) is 5.91 Å². The lowest BCUT2D eigenvalue weighted by Gasteiger charge is -2.28. The minimum atomic E-state index is -0.572. The number of alkyl halides is 1. The topological polar surface area (TPSA) is 49.0 Å². The van der Waals surface area contributed by atoms with Crippen LogP contribution in [0.3, 0.4) is 0 Å². The number of hydrogen-bond donors (Lipinski definition) is 1. The first-order valence-corrected chi connectivity index (χ1v) is 5.56. The van der Waals surface area contributed by atoms with Gasteiger partial charge in [0.05, 0.1) is 18.4 Å². The van der Waals surface area contributed by atoms with Gasteiger partial charge in [-0.15, -0.1) is 11.6 Å². The second kappa shape index (κ2) is 2.98. The van der Waals surface area contributed by atoms with Crippen LogP contribution in [0, 0.1) is 0 Å². The van der Waals surface area contributed by atoms with Gasteiger partial charge in [-0.2, -0.15) is 5.10 Å². The third-order valence-corrected chi connectivity index (χ3v) is 3.71. The van der Waals surface area contributed by atoms with Crippen LogP contribution in [0.5, 0.6) is 0 Å². The van der Waals surface area contributed by atoms with E-state index in [0.29, 0.717) is 6.54 Å². The highest BCUT2D eigenvalue weighted by atomic mass is 35.5. The van der Waals surface area contributed by atoms with Crippen molar-refractivity contribution >= 4 is 17.5 Å². The van der Waals surface area contributed by atoms with Crippen molar-refractivity contribution in [3.05, 3.63) is 17.5 Å². The Balaban J connectivity index is 1.78. The number of rotatable bonds is 1. The van der Waals surface area contributed by atoms with Crippen molar-refractivity contribution in [1.82, 2.24) is 15.1 Å². The number of carbonyl (C=O) groups is 1. The summed E-state index contributed by atoms with van der Waals surface area (Å²) < 4.78 is 0. The first kappa shape index (κ1) is 9.21. The lowest BCUT2D eigenvalue weighted by atomic mass is 10.1. The highest BCUT2D eigenvalue weighted by molar-refractivity contribution is 6.37. The molecule has 1 aliphatic carbocycles. The second-order valence-electron chi connectivity index (χ2n) is 4.32. The maximum Gasteiger partial charge on any atom is 0.244 e. The van der Waals surface area contributed by atoms with Gasteiger partial charge in [-0.25, -0.2) is 0 Å². The summed E-state index contributed by atoms with van der Waals surface area (Å²) in [5, 5.41) is 6.91. The van der Waals surface area contributed by atoms with E-state index in [9.17, 15) is 4.79 Å². The molecule has 0 bridgehead atoms. The van der Waals surface area contributed by atoms with Crippen LogP contribution in [0.15, 0.2) is 6.20 Å². The largest absolute Gasteiger partial charge is 0.335 e. The molecule has 1 saturated carbocycles. The summed E-state index contributed by atoms with van der Waals surface area (Å²) in [4.78, 5) is 13.2. The molecular formula is C10H12ClN3O. The van der Waals surface area contributed by atoms with Gasteiger partial charge in [-0.1, -0.05) is 0 Å². The highest BCUT2D eigenvalue weighted by Gasteiger charge is 2.50. The van der Waals surface area contributed by atoms with Gasteiger partial charge >= 0.3 is 0 Å². The molecule has 4 nitrogen and oxygen atoms in total. The van der Waals surface area contributed by atoms with Crippen LogP contribution in [0.4, 0.5) is 0 Å². The monoisotopic (exact) mass is 225 g/mol. The molecule has 0 radical (unpaired) electrons. The fraction of sp³-hybridized carbons (Fsp3) is 0.600. The normalized spacial score (nSPS) is 22.3. The average molecular weight is 226 g/mol. The predicted molar refractivity (Wildman–Crippen MR) is 55.5 cm³/mol. The Hall–Kier alpha value is -1.03. The number of hydrogen-bond acceptors (Lipinski definition) is 2. The van der Waals surface area contributed by atoms with Crippen LogP contribution < -0.4 is 0 Å². The maximum absolute atomic E-state index is 12.0. The smallest absolute Gasteiger partial charge is 0.244 e. The lowest BCUT2D eigenvalue weighted by molar-refractivity contribution is -0.132. The number of nitrogens with zero attached hydrogens (tertiary/aromatic N) is 2. The Labute approximate surface area is 92.6 Å². The standard InChI is InChI=1S/C10H12ClN3O/c11-10(2-3-10)9(15)14-4-1-7-5-12-13-8(7)6-14/h5H,1-4,6H2,(H,12,13). The zero-order chi connectivity index (χ0) is 10.5. The molecule has 1 fully saturated rings. The van der Waals surface area contributed by atoms with Crippen molar-refractivity contribution in [2.75, 3.05) is 6.54 Å². The van der Waals surface area contributed by atoms with Crippen LogP contribution in [0.25, 0.3) is 0 Å². The van der Waals surface area contributed by atoms with E-state index in [1.54, 1.807) is 0 Å². The summed E-state index contributed by atoms with van der Waals surface area (Å²) in [7, 11) is 0. The van der Waals surface area contributed by atoms with Gasteiger partial charge in [-0.3, -0.25) is 9.89 Å². The number of nitrogens with one attached hydrogen (secondary N) is 1. The molecule has 15 heavy (non-hydrogen) atoms. The molecule has 2 aliphatic rings. The molecule has 1 aromatic rings. The van der Waals surface area contributed by atoms with Crippen LogP contribution in [0.1, 0.15) is 24.1 Å². The maximum atomic E-state index is 12.0. The Morgan fingerprint density at radius 3 is 3.13 bits per heavy atom. The molecule has 80 valence electrons. The molecular weight excluding hydrogens is 214 g/mol. The number of carbonyl (C=O) groups excluding carboxylic acids is 1. The van der Waals surface area contributed by atoms with Crippen LogP contribution in [-0.4, -0.2) is 32.4 Å². The summed E-state index contributed by atoms with van der Waals surface area (Å²) >= 11 is 6.11. The number of halogens is 1. The van der Waals surface area contributed by atoms with E-state index in [1.165, 1.54) is 5.56 Å². The molecule has 1 N–H and O–H groups in total. The quantitative estimate of drug-likeness (QED) is 0.727. The first-order valence-electron chi connectivity index (χ1n) is 5.18. The first-order chi connectivity index (χ1) is 7.19. The Bertz CT molecular complexity index is 411. The summed E-state index contributed by atoms with van der Waals surface area (Å²) in [6.45, 7) is 1.39. The van der Waals surface area contributed by atoms with E-state index in [2.05, 4.69) is 10.2 Å². The minimum absolute atomic E-state index is 0.0874. The SMILES string of the molecule is O=C(N1CCc2cn[nH]c2C1)C1(Cl)CC1. The highest BCUT2D eigenvalue weighted by Crippen LogP contribution is 2.44. The zero-order valence-electron chi connectivity index (χ0n) is 8.29. The molecule has 0 aromatic carbocycles. The van der Waals surface area contributed by atoms with Crippen molar-refractivity contribution in [3.8, 4) is 0 Å². The molecule has 1 aromatic heterocycles. The van der Waals surface area contributed by atoms with Gasteiger partial charge in [-0.05, 0) is 24.8 Å². The number of amides is 1. The zero-order valence-corrected chi connectivity index (χ0v) is 9.05. The van der Waals surface area contributed by atoms with Crippen molar-refractivity contribution in [2.24, 2.45) is 0 Å². The number of H-pyrrole nitrogens is 1. The Morgan fingerprint density at radius 1 is 1.60 bits per heavy atom. The van der Waals surface area contributed by atoms with Crippen molar-refractivity contribution in [3.63, 3.8) is 0 Å². The van der Waals surface area contributed by atoms with E-state index >= 15 is 0 Å². The Kier molecular flexibility index (Phi) is 1.83. The fourth-order valence-electron chi connectivity index (χ4n) is 2.00. The predicted octanol–water partition coefficient (Wildman–Crippen LogP) is 1.07. The summed E-state index contributed by atoms with van der Waals surface area (Å²) in [5.74, 6) is 0.0874. The summed E-state index contributed by atoms with van der Waals surface area (Å²) in [5.41, 5.74) is 2.27. The van der Waals surface area contributed by atoms with Gasteiger partial charge in [0.2, 0.25) is 5.91 Å². The summed E-state index contributed by atoms with van der Waals surface area (Å²) in [6.07, 6.45) is 4.36. The van der Waals surface area contributed by atoms with Crippen LogP contribution in [-0.2, 0) is 17.8 Å². The fourth-order valence-corrected chi connectivity index (χ4v) is 2.21. The van der Waals surface area contributed by atoms with Crippen LogP contribution in [0.2, 0.25) is 0 Å². The molecule has 0 spiro atoms. The van der Waals surface area contributed by atoms with Crippen molar-refractivity contribution < 1.29 is 4.79 Å². The molecule has 1 aliphatic heterocycles. The number of aromatic amines is 1. The van der Waals surface area contributed by atoms with E-state index in [1.807, 2.05) is 11.1 Å². The number of aromatic nitrogens is 2. The van der Waals surface area contributed by atoms with Gasteiger partial charge in [0, 0.05) is 6.54 Å². The van der Waals surface area contributed by atoms with Gasteiger partial charge < -0.3 is 4.90 Å². The molecule has 5 heteroatoms. The minimum Gasteiger partial charge on any atom is -0.335 e. The van der Waals surface area contributed by atoms with Crippen molar-refractivity contribution in [1.29, 1.82) is 0 Å². The molecule has 1 amide bonds. The Morgan fingerprint density at radius 2 is 2.40 bits per heavy atom. The number of fused-ring (bicyclic) bond motifs is 1. The second-order valence-corrected chi connectivity index (χ2v) is 5.04. The van der Waals surface area contributed by atoms with E-state index < -0.39 is 4.87 Å². The third kappa shape index (κ3) is 1.44. The molecule has 0 atom stereocenters. The van der Waals surface area contributed by atoms with Gasteiger partial charge in [0.15, 0.2) is 0 Å². The molecule has 2 heterocycles. The third-order valence-electron chi connectivity index (χ3n) is 3.17. The molecule has 3 rings (SSSR count). The van der Waals surface area contributed by atoms with E-state index in [0.717, 1.165) is 31.5 Å². The van der Waals surface area contributed by atoms with Gasteiger partial charge in [0.25, 0.3) is 0 Å². The van der Waals surface area contributed by atoms with Gasteiger partial charge in [0.1, 0.15) is 4.87 Å². The summed E-state index contributed by atoms with van der Waals surface area (Å²) in [6, 6.07) is 0. The molecule has 0 unspecified atom stereocenters. The average Bonchev–Trinajstić information content (AvgIpc) is 2.82. The lowest BCUT2D eigenvalue weighted by Crippen LogP contribution is -2.41. The van der Waals surface area contributed by atoms with E-state index in [4.69, 9.17) is 11.6 Å². The van der Waals surface area contributed by atoms with Crippen LogP contribution >= 0.6 is 11.6 Å². The molecule has 0 saturated heterocycles.